The molecule has 4 heteroatoms. The van der Waals surface area contributed by atoms with Crippen LogP contribution in [0, 0.1) is 0 Å². The largest absolute Gasteiger partial charge is 0.478 e. The van der Waals surface area contributed by atoms with Crippen LogP contribution in [0.2, 0.25) is 0 Å². The summed E-state index contributed by atoms with van der Waals surface area (Å²) < 4.78 is 5.74. The summed E-state index contributed by atoms with van der Waals surface area (Å²) in [6, 6.07) is 5.97. The van der Waals surface area contributed by atoms with Crippen LogP contribution >= 0.6 is 0 Å². The molecule has 2 N–H and O–H groups in total. The quantitative estimate of drug-likeness (QED) is 0.882. The number of benzene rings is 1. The van der Waals surface area contributed by atoms with E-state index in [0.717, 1.165) is 23.4 Å². The van der Waals surface area contributed by atoms with Crippen molar-refractivity contribution in [2.24, 2.45) is 5.73 Å². The second-order valence-corrected chi connectivity index (χ2v) is 4.44. The van der Waals surface area contributed by atoms with Crippen LogP contribution in [0.1, 0.15) is 25.8 Å². The molecule has 0 bridgehead atoms. The first-order valence-electron chi connectivity index (χ1n) is 6.52. The van der Waals surface area contributed by atoms with E-state index in [9.17, 15) is 4.79 Å². The van der Waals surface area contributed by atoms with Crippen molar-refractivity contribution < 1.29 is 9.53 Å². The van der Waals surface area contributed by atoms with Crippen LogP contribution in [0.15, 0.2) is 18.2 Å². The van der Waals surface area contributed by atoms with E-state index in [1.807, 2.05) is 32.0 Å². The molecule has 18 heavy (non-hydrogen) atoms. The molecule has 1 aromatic rings. The predicted octanol–water partition coefficient (Wildman–Crippen LogP) is 1.71. The summed E-state index contributed by atoms with van der Waals surface area (Å²) in [6.45, 7) is 5.22. The number of likely N-dealkylation sites (N-methyl/N-ethyl adjacent to an activating group) is 1. The number of nitrogens with two attached hydrogens (primary N) is 1. The number of nitrogens with zero attached hydrogens (tertiary/aromatic N) is 1. The van der Waals surface area contributed by atoms with Crippen molar-refractivity contribution in [1.82, 2.24) is 0 Å². The van der Waals surface area contributed by atoms with Gasteiger partial charge in [0.15, 0.2) is 6.10 Å². The summed E-state index contributed by atoms with van der Waals surface area (Å²) in [6.07, 6.45) is 1.16. The first kappa shape index (κ1) is 12.9. The number of carbonyl (C=O) groups is 1. The standard InChI is InChI=1S/C14H20N2O2/c1-3-12-14(17)16(4-2)11-9-10(7-8-15)5-6-13(11)18-12/h5-6,9,12H,3-4,7-8,15H2,1-2H3. The Labute approximate surface area is 108 Å². The fraction of sp³-hybridized carbons (Fsp3) is 0.500. The van der Waals surface area contributed by atoms with Gasteiger partial charge in [-0.3, -0.25) is 4.79 Å². The van der Waals surface area contributed by atoms with Gasteiger partial charge in [0.1, 0.15) is 5.75 Å². The summed E-state index contributed by atoms with van der Waals surface area (Å²) in [5, 5.41) is 0. The number of ether oxygens (including phenoxy) is 1. The van der Waals surface area contributed by atoms with Crippen molar-refractivity contribution in [2.75, 3.05) is 18.0 Å². The number of anilines is 1. The highest BCUT2D eigenvalue weighted by Crippen LogP contribution is 2.35. The average Bonchev–Trinajstić information content (AvgIpc) is 2.38. The molecule has 0 radical (unpaired) electrons. The lowest BCUT2D eigenvalue weighted by Gasteiger charge is -2.33. The van der Waals surface area contributed by atoms with Crippen molar-refractivity contribution in [3.8, 4) is 5.75 Å². The van der Waals surface area contributed by atoms with Gasteiger partial charge in [-0.1, -0.05) is 13.0 Å². The highest BCUT2D eigenvalue weighted by molar-refractivity contribution is 6.00. The summed E-state index contributed by atoms with van der Waals surface area (Å²) in [4.78, 5) is 14.0. The second-order valence-electron chi connectivity index (χ2n) is 4.44. The van der Waals surface area contributed by atoms with Crippen LogP contribution < -0.4 is 15.4 Å². The molecule has 0 fully saturated rings. The van der Waals surface area contributed by atoms with Crippen molar-refractivity contribution in [2.45, 2.75) is 32.8 Å². The Morgan fingerprint density at radius 3 is 2.78 bits per heavy atom. The van der Waals surface area contributed by atoms with E-state index in [1.165, 1.54) is 0 Å². The third-order valence-electron chi connectivity index (χ3n) is 3.24. The zero-order chi connectivity index (χ0) is 13.1. The molecular weight excluding hydrogens is 228 g/mol. The van der Waals surface area contributed by atoms with E-state index in [0.29, 0.717) is 19.5 Å². The maximum absolute atomic E-state index is 12.2. The molecule has 1 atom stereocenters. The monoisotopic (exact) mass is 248 g/mol. The van der Waals surface area contributed by atoms with Gasteiger partial charge in [-0.15, -0.1) is 0 Å². The van der Waals surface area contributed by atoms with Crippen molar-refractivity contribution in [1.29, 1.82) is 0 Å². The molecule has 1 aromatic carbocycles. The Hall–Kier alpha value is -1.55. The van der Waals surface area contributed by atoms with Crippen LogP contribution in [0.5, 0.6) is 5.75 Å². The number of carbonyl (C=O) groups excluding carboxylic acids is 1. The minimum atomic E-state index is -0.349. The minimum absolute atomic E-state index is 0.0531. The Morgan fingerprint density at radius 1 is 1.39 bits per heavy atom. The SMILES string of the molecule is CCC1Oc2ccc(CCN)cc2N(CC)C1=O. The summed E-state index contributed by atoms with van der Waals surface area (Å²) >= 11 is 0. The van der Waals surface area contributed by atoms with Crippen LogP contribution in [-0.4, -0.2) is 25.1 Å². The molecule has 1 heterocycles. The van der Waals surface area contributed by atoms with Gasteiger partial charge in [-0.2, -0.15) is 0 Å². The van der Waals surface area contributed by atoms with Crippen molar-refractivity contribution >= 4 is 11.6 Å². The van der Waals surface area contributed by atoms with Crippen LogP contribution in [0.4, 0.5) is 5.69 Å². The van der Waals surface area contributed by atoms with Gasteiger partial charge in [-0.25, -0.2) is 0 Å². The molecule has 1 amide bonds. The van der Waals surface area contributed by atoms with Gasteiger partial charge in [0, 0.05) is 6.54 Å². The second kappa shape index (κ2) is 5.40. The van der Waals surface area contributed by atoms with E-state index in [-0.39, 0.29) is 12.0 Å². The smallest absolute Gasteiger partial charge is 0.268 e. The zero-order valence-corrected chi connectivity index (χ0v) is 11.0. The molecule has 4 nitrogen and oxygen atoms in total. The van der Waals surface area contributed by atoms with Crippen LogP contribution in [-0.2, 0) is 11.2 Å². The maximum Gasteiger partial charge on any atom is 0.268 e. The fourth-order valence-corrected chi connectivity index (χ4v) is 2.28. The third kappa shape index (κ3) is 2.20. The molecule has 0 saturated heterocycles. The van der Waals surface area contributed by atoms with E-state index < -0.39 is 0 Å². The molecule has 1 aliphatic heterocycles. The van der Waals surface area contributed by atoms with Gasteiger partial charge in [0.05, 0.1) is 5.69 Å². The first-order valence-corrected chi connectivity index (χ1v) is 6.52. The predicted molar refractivity (Wildman–Crippen MR) is 71.9 cm³/mol. The number of hydrogen-bond acceptors (Lipinski definition) is 3. The summed E-state index contributed by atoms with van der Waals surface area (Å²) in [7, 11) is 0. The lowest BCUT2D eigenvalue weighted by Crippen LogP contribution is -2.45. The average molecular weight is 248 g/mol. The normalized spacial score (nSPS) is 18.5. The molecule has 1 unspecified atom stereocenters. The Bertz CT molecular complexity index is 445. The lowest BCUT2D eigenvalue weighted by molar-refractivity contribution is -0.126. The lowest BCUT2D eigenvalue weighted by atomic mass is 10.1. The van der Waals surface area contributed by atoms with Crippen LogP contribution in [0.3, 0.4) is 0 Å². The molecular formula is C14H20N2O2. The third-order valence-corrected chi connectivity index (χ3v) is 3.24. The molecule has 1 aliphatic rings. The number of hydrogen-bond donors (Lipinski definition) is 1. The van der Waals surface area contributed by atoms with Crippen molar-refractivity contribution in [3.63, 3.8) is 0 Å². The van der Waals surface area contributed by atoms with Gasteiger partial charge in [0.25, 0.3) is 5.91 Å². The number of rotatable bonds is 4. The van der Waals surface area contributed by atoms with Gasteiger partial charge >= 0.3 is 0 Å². The Kier molecular flexibility index (Phi) is 3.87. The molecule has 0 aromatic heterocycles. The fourth-order valence-electron chi connectivity index (χ4n) is 2.28. The Morgan fingerprint density at radius 2 is 2.17 bits per heavy atom. The molecule has 0 aliphatic carbocycles. The maximum atomic E-state index is 12.2. The molecule has 98 valence electrons. The van der Waals surface area contributed by atoms with E-state index in [4.69, 9.17) is 10.5 Å². The summed E-state index contributed by atoms with van der Waals surface area (Å²) in [5.41, 5.74) is 7.58. The Balaban J connectivity index is 2.39. The molecule has 0 spiro atoms. The number of amides is 1. The highest BCUT2D eigenvalue weighted by Gasteiger charge is 2.32. The van der Waals surface area contributed by atoms with Gasteiger partial charge in [-0.05, 0) is 44.0 Å². The topological polar surface area (TPSA) is 55.6 Å². The summed E-state index contributed by atoms with van der Waals surface area (Å²) in [5.74, 6) is 0.849. The highest BCUT2D eigenvalue weighted by atomic mass is 16.5. The molecule has 2 rings (SSSR count). The molecule has 0 saturated carbocycles. The van der Waals surface area contributed by atoms with Gasteiger partial charge < -0.3 is 15.4 Å². The van der Waals surface area contributed by atoms with E-state index >= 15 is 0 Å². The van der Waals surface area contributed by atoms with E-state index in [2.05, 4.69) is 0 Å². The van der Waals surface area contributed by atoms with E-state index in [1.54, 1.807) is 4.90 Å². The van der Waals surface area contributed by atoms with Gasteiger partial charge in [0.2, 0.25) is 0 Å². The minimum Gasteiger partial charge on any atom is -0.478 e. The zero-order valence-electron chi connectivity index (χ0n) is 11.0. The number of fused-ring (bicyclic) bond motifs is 1. The van der Waals surface area contributed by atoms with Crippen molar-refractivity contribution in [3.05, 3.63) is 23.8 Å². The first-order chi connectivity index (χ1) is 8.71. The van der Waals surface area contributed by atoms with Crippen LogP contribution in [0.25, 0.3) is 0 Å².